The molecule has 2 atom stereocenters. The normalized spacial score (nSPS) is 17.2. The number of ether oxygens (including phenoxy) is 2. The van der Waals surface area contributed by atoms with Gasteiger partial charge in [0.1, 0.15) is 11.6 Å². The molecular weight excluding hydrogens is 538 g/mol. The SMILES string of the molecule is CCCC(NC(=O)c1cc2ccccc2o1)C(=O)N[C@H]1CCCN(S(=O)(=O)c2ccc(OC)c(OC)c2)CC1=O. The Morgan fingerprint density at radius 2 is 1.85 bits per heavy atom. The minimum Gasteiger partial charge on any atom is -0.493 e. The Hall–Kier alpha value is -3.90. The van der Waals surface area contributed by atoms with Crippen molar-refractivity contribution in [1.29, 1.82) is 0 Å². The van der Waals surface area contributed by atoms with Gasteiger partial charge in [-0.2, -0.15) is 4.31 Å². The van der Waals surface area contributed by atoms with Gasteiger partial charge in [0.2, 0.25) is 15.9 Å². The fraction of sp³-hybridized carbons (Fsp3) is 0.393. The lowest BCUT2D eigenvalue weighted by atomic mass is 10.1. The van der Waals surface area contributed by atoms with Crippen molar-refractivity contribution in [3.63, 3.8) is 0 Å². The third-order valence-corrected chi connectivity index (χ3v) is 8.62. The zero-order chi connectivity index (χ0) is 28.9. The minimum atomic E-state index is -4.01. The van der Waals surface area contributed by atoms with E-state index in [0.29, 0.717) is 30.6 Å². The van der Waals surface area contributed by atoms with Crippen LogP contribution in [-0.4, -0.2) is 69.7 Å². The molecule has 2 heterocycles. The number of nitrogens with one attached hydrogen (secondary N) is 2. The Morgan fingerprint density at radius 3 is 2.55 bits per heavy atom. The number of hydrogen-bond donors (Lipinski definition) is 2. The van der Waals surface area contributed by atoms with Crippen LogP contribution in [0.1, 0.15) is 43.2 Å². The van der Waals surface area contributed by atoms with Crippen molar-refractivity contribution in [2.75, 3.05) is 27.3 Å². The van der Waals surface area contributed by atoms with Gasteiger partial charge in [-0.05, 0) is 43.5 Å². The standard InChI is InChI=1S/C28H33N3O8S/c1-4-8-21(30-28(34)26-15-18-9-5-6-11-23(18)39-26)27(33)29-20-10-7-14-31(17-22(20)32)40(35,36)19-12-13-24(37-2)25(16-19)38-3/h5-6,9,11-13,15-16,20-21H,4,7-8,10,14,17H2,1-3H3,(H,29,33)(H,30,34)/t20-,21?/m0/s1. The summed E-state index contributed by atoms with van der Waals surface area (Å²) in [6, 6.07) is 11.2. The molecule has 2 aromatic carbocycles. The van der Waals surface area contributed by atoms with Crippen LogP contribution in [0.3, 0.4) is 0 Å². The van der Waals surface area contributed by atoms with Gasteiger partial charge in [-0.15, -0.1) is 0 Å². The lowest BCUT2D eigenvalue weighted by molar-refractivity contribution is -0.128. The number of amides is 2. The van der Waals surface area contributed by atoms with Crippen LogP contribution < -0.4 is 20.1 Å². The number of sulfonamides is 1. The quantitative estimate of drug-likeness (QED) is 0.378. The first kappa shape index (κ1) is 29.1. The first-order valence-corrected chi connectivity index (χ1v) is 14.5. The number of carbonyl (C=O) groups excluding carboxylic acids is 3. The molecule has 0 saturated carbocycles. The molecule has 1 fully saturated rings. The summed E-state index contributed by atoms with van der Waals surface area (Å²) in [4.78, 5) is 39.1. The van der Waals surface area contributed by atoms with Crippen molar-refractivity contribution in [3.05, 3.63) is 54.3 Å². The van der Waals surface area contributed by atoms with Gasteiger partial charge < -0.3 is 24.5 Å². The first-order chi connectivity index (χ1) is 19.2. The summed E-state index contributed by atoms with van der Waals surface area (Å²) in [6.07, 6.45) is 1.57. The Bertz CT molecular complexity index is 1470. The third-order valence-electron chi connectivity index (χ3n) is 6.78. The molecule has 0 bridgehead atoms. The number of carbonyl (C=O) groups is 3. The van der Waals surface area contributed by atoms with Crippen LogP contribution in [0.25, 0.3) is 11.0 Å². The molecule has 40 heavy (non-hydrogen) atoms. The van der Waals surface area contributed by atoms with Gasteiger partial charge in [0.15, 0.2) is 23.0 Å². The molecule has 2 amide bonds. The zero-order valence-electron chi connectivity index (χ0n) is 22.6. The zero-order valence-corrected chi connectivity index (χ0v) is 23.5. The van der Waals surface area contributed by atoms with Gasteiger partial charge >= 0.3 is 0 Å². The third kappa shape index (κ3) is 6.28. The van der Waals surface area contributed by atoms with E-state index in [2.05, 4.69) is 10.6 Å². The predicted octanol–water partition coefficient (Wildman–Crippen LogP) is 2.89. The second-order valence-electron chi connectivity index (χ2n) is 9.49. The summed E-state index contributed by atoms with van der Waals surface area (Å²) in [7, 11) is -1.16. The molecule has 1 saturated heterocycles. The van der Waals surface area contributed by atoms with Gasteiger partial charge in [0.05, 0.1) is 31.7 Å². The van der Waals surface area contributed by atoms with E-state index in [9.17, 15) is 22.8 Å². The summed E-state index contributed by atoms with van der Waals surface area (Å²) in [5, 5.41) is 6.20. The lowest BCUT2D eigenvalue weighted by Gasteiger charge is -2.22. The van der Waals surface area contributed by atoms with Crippen LogP contribution in [0.4, 0.5) is 0 Å². The molecule has 0 spiro atoms. The average Bonchev–Trinajstić information content (AvgIpc) is 3.31. The Kier molecular flexibility index (Phi) is 9.10. The van der Waals surface area contributed by atoms with E-state index in [1.165, 1.54) is 32.4 Å². The Morgan fingerprint density at radius 1 is 1.10 bits per heavy atom. The second-order valence-corrected chi connectivity index (χ2v) is 11.4. The molecule has 4 rings (SSSR count). The number of furan rings is 1. The van der Waals surface area contributed by atoms with Gasteiger partial charge in [-0.3, -0.25) is 14.4 Å². The summed E-state index contributed by atoms with van der Waals surface area (Å²) in [5.74, 6) is -0.776. The lowest BCUT2D eigenvalue weighted by Crippen LogP contribution is -2.52. The highest BCUT2D eigenvalue weighted by Gasteiger charge is 2.34. The van der Waals surface area contributed by atoms with E-state index < -0.39 is 46.2 Å². The second kappa shape index (κ2) is 12.5. The van der Waals surface area contributed by atoms with Crippen LogP contribution in [0.5, 0.6) is 11.5 Å². The summed E-state index contributed by atoms with van der Waals surface area (Å²) in [5.41, 5.74) is 0.556. The number of benzene rings is 2. The van der Waals surface area contributed by atoms with Crippen molar-refractivity contribution in [3.8, 4) is 11.5 Å². The fourth-order valence-corrected chi connectivity index (χ4v) is 6.09. The van der Waals surface area contributed by atoms with Gasteiger partial charge in [0.25, 0.3) is 5.91 Å². The molecule has 214 valence electrons. The van der Waals surface area contributed by atoms with Crippen LogP contribution in [0, 0.1) is 0 Å². The van der Waals surface area contributed by atoms with E-state index in [1.807, 2.05) is 19.1 Å². The van der Waals surface area contributed by atoms with Crippen molar-refractivity contribution in [2.24, 2.45) is 0 Å². The molecule has 0 aliphatic carbocycles. The maximum Gasteiger partial charge on any atom is 0.287 e. The number of Topliss-reactive ketones (excluding diaryl/α,β-unsaturated/α-hetero) is 1. The molecule has 12 heteroatoms. The topological polar surface area (TPSA) is 144 Å². The number of para-hydroxylation sites is 1. The van der Waals surface area contributed by atoms with E-state index in [0.717, 1.165) is 9.69 Å². The summed E-state index contributed by atoms with van der Waals surface area (Å²) in [6.45, 7) is 1.59. The van der Waals surface area contributed by atoms with Gasteiger partial charge in [0, 0.05) is 18.0 Å². The molecule has 3 aromatic rings. The van der Waals surface area contributed by atoms with Gasteiger partial charge in [-0.25, -0.2) is 8.42 Å². The van der Waals surface area contributed by atoms with Crippen LogP contribution >= 0.6 is 0 Å². The predicted molar refractivity (Wildman–Crippen MR) is 147 cm³/mol. The van der Waals surface area contributed by atoms with Crippen molar-refractivity contribution in [2.45, 2.75) is 49.6 Å². The summed E-state index contributed by atoms with van der Waals surface area (Å²) >= 11 is 0. The monoisotopic (exact) mass is 571 g/mol. The minimum absolute atomic E-state index is 0.0308. The highest BCUT2D eigenvalue weighted by atomic mass is 32.2. The number of nitrogens with zero attached hydrogens (tertiary/aromatic N) is 1. The first-order valence-electron chi connectivity index (χ1n) is 13.0. The molecule has 1 aliphatic heterocycles. The number of rotatable bonds is 10. The average molecular weight is 572 g/mol. The molecule has 0 radical (unpaired) electrons. The van der Waals surface area contributed by atoms with Crippen LogP contribution in [0.2, 0.25) is 0 Å². The maximum absolute atomic E-state index is 13.3. The van der Waals surface area contributed by atoms with E-state index in [-0.39, 0.29) is 29.4 Å². The van der Waals surface area contributed by atoms with E-state index >= 15 is 0 Å². The summed E-state index contributed by atoms with van der Waals surface area (Å²) < 4.78 is 43.8. The smallest absolute Gasteiger partial charge is 0.287 e. The van der Waals surface area contributed by atoms with Crippen molar-refractivity contribution < 1.29 is 36.7 Å². The van der Waals surface area contributed by atoms with Crippen molar-refractivity contribution in [1.82, 2.24) is 14.9 Å². The fourth-order valence-electron chi connectivity index (χ4n) is 4.63. The molecule has 11 nitrogen and oxygen atoms in total. The van der Waals surface area contributed by atoms with Gasteiger partial charge in [-0.1, -0.05) is 31.5 Å². The number of fused-ring (bicyclic) bond motifs is 1. The Labute approximate surface area is 232 Å². The van der Waals surface area contributed by atoms with Crippen molar-refractivity contribution >= 4 is 38.6 Å². The number of ketones is 1. The maximum atomic E-state index is 13.3. The number of methoxy groups -OCH3 is 2. The molecule has 1 aliphatic rings. The molecular formula is C28H33N3O8S. The van der Waals surface area contributed by atoms with Crippen LogP contribution in [-0.2, 0) is 19.6 Å². The molecule has 1 aromatic heterocycles. The van der Waals surface area contributed by atoms with E-state index in [1.54, 1.807) is 18.2 Å². The molecule has 2 N–H and O–H groups in total. The van der Waals surface area contributed by atoms with E-state index in [4.69, 9.17) is 13.9 Å². The highest BCUT2D eigenvalue weighted by molar-refractivity contribution is 7.89. The Balaban J connectivity index is 1.43. The highest BCUT2D eigenvalue weighted by Crippen LogP contribution is 2.31. The number of hydrogen-bond acceptors (Lipinski definition) is 8. The van der Waals surface area contributed by atoms with Crippen LogP contribution in [0.15, 0.2) is 57.8 Å². The largest absolute Gasteiger partial charge is 0.493 e. The molecule has 1 unspecified atom stereocenters.